The first kappa shape index (κ1) is 10.3. The Bertz CT molecular complexity index is 379. The maximum Gasteiger partial charge on any atom is 0.125 e. The molecule has 0 radical (unpaired) electrons. The maximum atomic E-state index is 9.99. The van der Waals surface area contributed by atoms with Crippen molar-refractivity contribution < 1.29 is 9.84 Å². The molecule has 4 nitrogen and oxygen atoms in total. The van der Waals surface area contributed by atoms with Gasteiger partial charge in [0.2, 0.25) is 0 Å². The lowest BCUT2D eigenvalue weighted by Crippen LogP contribution is -2.31. The van der Waals surface area contributed by atoms with Crippen molar-refractivity contribution in [3.8, 4) is 5.75 Å². The van der Waals surface area contributed by atoms with Crippen molar-refractivity contribution in [3.05, 3.63) is 23.3 Å². The van der Waals surface area contributed by atoms with Crippen LogP contribution in [0.2, 0.25) is 0 Å². The molecule has 1 aromatic rings. The Balaban J connectivity index is 2.56. The molecule has 0 amide bonds. The first-order valence-electron chi connectivity index (χ1n) is 4.95. The van der Waals surface area contributed by atoms with Crippen LogP contribution in [0.1, 0.15) is 17.2 Å². The second-order valence-electron chi connectivity index (χ2n) is 3.96. The average Bonchev–Trinajstić information content (AvgIpc) is 2.19. The highest BCUT2D eigenvalue weighted by Gasteiger charge is 2.26. The minimum Gasteiger partial charge on any atom is -0.496 e. The van der Waals surface area contributed by atoms with Gasteiger partial charge in [0, 0.05) is 24.3 Å². The Morgan fingerprint density at radius 2 is 2.27 bits per heavy atom. The zero-order valence-corrected chi connectivity index (χ0v) is 9.03. The molecule has 1 aliphatic rings. The summed E-state index contributed by atoms with van der Waals surface area (Å²) in [4.78, 5) is 2.04. The Hall–Kier alpha value is -1.26. The van der Waals surface area contributed by atoms with Gasteiger partial charge in [-0.3, -0.25) is 4.90 Å². The quantitative estimate of drug-likeness (QED) is 0.669. The van der Waals surface area contributed by atoms with E-state index in [1.54, 1.807) is 7.11 Å². The van der Waals surface area contributed by atoms with E-state index in [1.807, 2.05) is 24.1 Å². The lowest BCUT2D eigenvalue weighted by Gasteiger charge is -2.31. The summed E-state index contributed by atoms with van der Waals surface area (Å²) in [6, 6.07) is 3.63. The molecule has 15 heavy (non-hydrogen) atoms. The lowest BCUT2D eigenvalue weighted by molar-refractivity contribution is 0.105. The third-order valence-electron chi connectivity index (χ3n) is 2.82. The first-order valence-corrected chi connectivity index (χ1v) is 4.95. The topological polar surface area (TPSA) is 58.7 Å². The molecular weight excluding hydrogens is 192 g/mol. The molecule has 2 rings (SSSR count). The van der Waals surface area contributed by atoms with Gasteiger partial charge >= 0.3 is 0 Å². The van der Waals surface area contributed by atoms with Gasteiger partial charge in [-0.1, -0.05) is 0 Å². The Kier molecular flexibility index (Phi) is 2.54. The zero-order chi connectivity index (χ0) is 11.0. The molecule has 0 saturated heterocycles. The molecule has 0 bridgehead atoms. The van der Waals surface area contributed by atoms with Crippen molar-refractivity contribution in [2.45, 2.75) is 12.6 Å². The fraction of sp³-hybridized carbons (Fsp3) is 0.455. The average molecular weight is 208 g/mol. The number of fused-ring (bicyclic) bond motifs is 1. The van der Waals surface area contributed by atoms with Gasteiger partial charge in [-0.05, 0) is 24.7 Å². The van der Waals surface area contributed by atoms with Crippen LogP contribution in [0.15, 0.2) is 12.1 Å². The molecular formula is C11H16N2O2. The van der Waals surface area contributed by atoms with Gasteiger partial charge < -0.3 is 15.6 Å². The second kappa shape index (κ2) is 3.72. The van der Waals surface area contributed by atoms with Crippen molar-refractivity contribution in [1.29, 1.82) is 0 Å². The number of benzene rings is 1. The summed E-state index contributed by atoms with van der Waals surface area (Å²) in [5.74, 6) is 0.722. The molecule has 0 saturated carbocycles. The third kappa shape index (κ3) is 1.66. The molecule has 1 atom stereocenters. The van der Waals surface area contributed by atoms with E-state index < -0.39 is 6.10 Å². The highest BCUT2D eigenvalue weighted by Crippen LogP contribution is 2.36. The van der Waals surface area contributed by atoms with E-state index in [9.17, 15) is 5.11 Å². The molecule has 1 aliphatic heterocycles. The summed E-state index contributed by atoms with van der Waals surface area (Å²) in [7, 11) is 3.57. The summed E-state index contributed by atoms with van der Waals surface area (Å²) < 4.78 is 5.24. The summed E-state index contributed by atoms with van der Waals surface area (Å²) >= 11 is 0. The van der Waals surface area contributed by atoms with Crippen LogP contribution in [-0.2, 0) is 6.54 Å². The van der Waals surface area contributed by atoms with Gasteiger partial charge in [-0.25, -0.2) is 0 Å². The van der Waals surface area contributed by atoms with Crippen LogP contribution < -0.4 is 10.5 Å². The fourth-order valence-electron chi connectivity index (χ4n) is 2.10. The number of nitrogens with two attached hydrogens (primary N) is 1. The van der Waals surface area contributed by atoms with E-state index in [0.717, 1.165) is 29.1 Å². The highest BCUT2D eigenvalue weighted by atomic mass is 16.5. The van der Waals surface area contributed by atoms with Gasteiger partial charge in [-0.15, -0.1) is 0 Å². The van der Waals surface area contributed by atoms with Crippen LogP contribution in [0.4, 0.5) is 5.69 Å². The SMILES string of the molecule is COc1ccc(N)c2c1C(O)CN(C)C2. The predicted octanol–water partition coefficient (Wildman–Crippen LogP) is 0.756. The van der Waals surface area contributed by atoms with E-state index in [1.165, 1.54) is 0 Å². The van der Waals surface area contributed by atoms with Crippen LogP contribution in [0, 0.1) is 0 Å². The highest BCUT2D eigenvalue weighted by molar-refractivity contribution is 5.58. The van der Waals surface area contributed by atoms with Crippen molar-refractivity contribution in [2.75, 3.05) is 26.4 Å². The van der Waals surface area contributed by atoms with Crippen LogP contribution in [0.5, 0.6) is 5.75 Å². The number of likely N-dealkylation sites (N-methyl/N-ethyl adjacent to an activating group) is 1. The number of methoxy groups -OCH3 is 1. The van der Waals surface area contributed by atoms with E-state index in [0.29, 0.717) is 6.54 Å². The largest absolute Gasteiger partial charge is 0.496 e. The lowest BCUT2D eigenvalue weighted by atomic mass is 9.95. The minimum atomic E-state index is -0.516. The zero-order valence-electron chi connectivity index (χ0n) is 9.03. The number of rotatable bonds is 1. The van der Waals surface area contributed by atoms with Crippen LogP contribution >= 0.6 is 0 Å². The van der Waals surface area contributed by atoms with Crippen molar-refractivity contribution in [1.82, 2.24) is 4.90 Å². The molecule has 0 spiro atoms. The number of nitrogen functional groups attached to an aromatic ring is 1. The maximum absolute atomic E-state index is 9.99. The first-order chi connectivity index (χ1) is 7.13. The molecule has 1 heterocycles. The van der Waals surface area contributed by atoms with E-state index in [2.05, 4.69) is 0 Å². The Morgan fingerprint density at radius 3 is 2.93 bits per heavy atom. The molecule has 82 valence electrons. The predicted molar refractivity (Wildman–Crippen MR) is 58.7 cm³/mol. The fourth-order valence-corrected chi connectivity index (χ4v) is 2.10. The van der Waals surface area contributed by atoms with E-state index in [-0.39, 0.29) is 0 Å². The van der Waals surface area contributed by atoms with Crippen LogP contribution in [-0.4, -0.2) is 30.7 Å². The molecule has 0 aromatic heterocycles. The summed E-state index contributed by atoms with van der Waals surface area (Å²) in [5.41, 5.74) is 8.44. The Morgan fingerprint density at radius 1 is 1.53 bits per heavy atom. The summed E-state index contributed by atoms with van der Waals surface area (Å²) in [5, 5.41) is 9.99. The number of aliphatic hydroxyl groups is 1. The summed E-state index contributed by atoms with van der Waals surface area (Å²) in [6.07, 6.45) is -0.516. The van der Waals surface area contributed by atoms with Gasteiger partial charge in [0.05, 0.1) is 13.2 Å². The minimum absolute atomic E-state index is 0.516. The number of aliphatic hydroxyl groups excluding tert-OH is 1. The van der Waals surface area contributed by atoms with E-state index >= 15 is 0 Å². The molecule has 0 aliphatic carbocycles. The molecule has 1 unspecified atom stereocenters. The van der Waals surface area contributed by atoms with Crippen molar-refractivity contribution >= 4 is 5.69 Å². The van der Waals surface area contributed by atoms with Gasteiger partial charge in [-0.2, -0.15) is 0 Å². The van der Waals surface area contributed by atoms with Gasteiger partial charge in [0.1, 0.15) is 5.75 Å². The van der Waals surface area contributed by atoms with E-state index in [4.69, 9.17) is 10.5 Å². The number of β-amino-alcohol motifs (C(OH)–C–C–N with tert-alkyl or cyclic N) is 1. The summed E-state index contributed by atoms with van der Waals surface area (Å²) in [6.45, 7) is 1.38. The monoisotopic (exact) mass is 208 g/mol. The Labute approximate surface area is 89.3 Å². The second-order valence-corrected chi connectivity index (χ2v) is 3.96. The number of anilines is 1. The molecule has 3 N–H and O–H groups in total. The third-order valence-corrected chi connectivity index (χ3v) is 2.82. The van der Waals surface area contributed by atoms with Crippen LogP contribution in [0.25, 0.3) is 0 Å². The van der Waals surface area contributed by atoms with Crippen molar-refractivity contribution in [2.24, 2.45) is 0 Å². The number of nitrogens with zero attached hydrogens (tertiary/aromatic N) is 1. The molecule has 4 heteroatoms. The van der Waals surface area contributed by atoms with Gasteiger partial charge in [0.15, 0.2) is 0 Å². The number of hydrogen-bond acceptors (Lipinski definition) is 4. The standard InChI is InChI=1S/C11H16N2O2/c1-13-5-7-8(12)3-4-10(15-2)11(7)9(14)6-13/h3-4,9,14H,5-6,12H2,1-2H3. The normalized spacial score (nSPS) is 21.1. The number of hydrogen-bond donors (Lipinski definition) is 2. The van der Waals surface area contributed by atoms with Crippen LogP contribution in [0.3, 0.4) is 0 Å². The van der Waals surface area contributed by atoms with Crippen molar-refractivity contribution in [3.63, 3.8) is 0 Å². The van der Waals surface area contributed by atoms with Gasteiger partial charge in [0.25, 0.3) is 0 Å². The molecule has 0 fully saturated rings. The molecule has 1 aromatic carbocycles. The number of ether oxygens (including phenoxy) is 1. The smallest absolute Gasteiger partial charge is 0.125 e.